The standard InChI is InChI=1S/C12H13BrClNO3/c1-2-15(6-5-11(16)17)12(18)8-3-4-9(13)10(14)7-8/h3-4,7H,2,5-6H2,1H3,(H,16,17). The summed E-state index contributed by atoms with van der Waals surface area (Å²) in [5, 5.41) is 9.08. The molecular weight excluding hydrogens is 321 g/mol. The van der Waals surface area contributed by atoms with Crippen molar-refractivity contribution in [1.29, 1.82) is 0 Å². The minimum atomic E-state index is -0.921. The highest BCUT2D eigenvalue weighted by molar-refractivity contribution is 9.10. The molecule has 1 rings (SSSR count). The van der Waals surface area contributed by atoms with Gasteiger partial charge >= 0.3 is 5.97 Å². The van der Waals surface area contributed by atoms with Crippen LogP contribution in [0.25, 0.3) is 0 Å². The molecule has 1 amide bonds. The molecule has 1 aromatic carbocycles. The maximum atomic E-state index is 12.1. The molecule has 4 nitrogen and oxygen atoms in total. The van der Waals surface area contributed by atoms with Gasteiger partial charge in [0.1, 0.15) is 0 Å². The third-order valence-corrected chi connectivity index (χ3v) is 3.66. The third-order valence-electron chi connectivity index (χ3n) is 2.43. The lowest BCUT2D eigenvalue weighted by Crippen LogP contribution is -2.32. The molecule has 0 atom stereocenters. The zero-order valence-corrected chi connectivity index (χ0v) is 12.2. The predicted octanol–water partition coefficient (Wildman–Crippen LogP) is 3.04. The summed E-state index contributed by atoms with van der Waals surface area (Å²) in [6, 6.07) is 4.92. The van der Waals surface area contributed by atoms with Gasteiger partial charge in [-0.1, -0.05) is 11.6 Å². The number of carbonyl (C=O) groups is 2. The van der Waals surface area contributed by atoms with Crippen molar-refractivity contribution in [3.05, 3.63) is 33.3 Å². The molecule has 98 valence electrons. The van der Waals surface area contributed by atoms with Crippen LogP contribution in [-0.2, 0) is 4.79 Å². The highest BCUT2D eigenvalue weighted by Gasteiger charge is 2.15. The number of nitrogens with zero attached hydrogens (tertiary/aromatic N) is 1. The summed E-state index contributed by atoms with van der Waals surface area (Å²) in [7, 11) is 0. The molecule has 0 spiro atoms. The van der Waals surface area contributed by atoms with E-state index in [4.69, 9.17) is 16.7 Å². The van der Waals surface area contributed by atoms with Crippen molar-refractivity contribution in [2.75, 3.05) is 13.1 Å². The molecule has 0 aliphatic carbocycles. The van der Waals surface area contributed by atoms with E-state index in [2.05, 4.69) is 15.9 Å². The number of rotatable bonds is 5. The van der Waals surface area contributed by atoms with Gasteiger partial charge in [-0.05, 0) is 41.1 Å². The minimum Gasteiger partial charge on any atom is -0.481 e. The molecule has 6 heteroatoms. The van der Waals surface area contributed by atoms with Crippen LogP contribution in [0.4, 0.5) is 0 Å². The molecule has 0 aromatic heterocycles. The monoisotopic (exact) mass is 333 g/mol. The predicted molar refractivity (Wildman–Crippen MR) is 73.0 cm³/mol. The average molecular weight is 335 g/mol. The summed E-state index contributed by atoms with van der Waals surface area (Å²) < 4.78 is 0.717. The van der Waals surface area contributed by atoms with Gasteiger partial charge in [0.25, 0.3) is 5.91 Å². The van der Waals surface area contributed by atoms with Gasteiger partial charge in [-0.15, -0.1) is 0 Å². The van der Waals surface area contributed by atoms with Crippen LogP contribution in [0.15, 0.2) is 22.7 Å². The zero-order valence-electron chi connectivity index (χ0n) is 9.82. The van der Waals surface area contributed by atoms with Crippen LogP contribution in [0.3, 0.4) is 0 Å². The SMILES string of the molecule is CCN(CCC(=O)O)C(=O)c1ccc(Br)c(Cl)c1. The molecule has 18 heavy (non-hydrogen) atoms. The second kappa shape index (κ2) is 6.75. The summed E-state index contributed by atoms with van der Waals surface area (Å²) in [5.74, 6) is -1.14. The molecule has 0 heterocycles. The van der Waals surface area contributed by atoms with Crippen LogP contribution in [0, 0.1) is 0 Å². The Kier molecular flexibility index (Phi) is 5.62. The Balaban J connectivity index is 2.82. The highest BCUT2D eigenvalue weighted by atomic mass is 79.9. The van der Waals surface area contributed by atoms with E-state index in [-0.39, 0.29) is 18.9 Å². The number of carboxylic acids is 1. The van der Waals surface area contributed by atoms with Crippen LogP contribution in [-0.4, -0.2) is 35.0 Å². The Morgan fingerprint density at radius 3 is 2.61 bits per heavy atom. The molecule has 1 N–H and O–H groups in total. The van der Waals surface area contributed by atoms with Gasteiger partial charge in [0.05, 0.1) is 11.4 Å². The van der Waals surface area contributed by atoms with Crippen LogP contribution < -0.4 is 0 Å². The summed E-state index contributed by atoms with van der Waals surface area (Å²) >= 11 is 9.17. The second-order valence-electron chi connectivity index (χ2n) is 3.66. The van der Waals surface area contributed by atoms with Gasteiger partial charge in [0.2, 0.25) is 0 Å². The Bertz CT molecular complexity index is 465. The molecule has 1 aromatic rings. The van der Waals surface area contributed by atoms with Crippen molar-refractivity contribution in [1.82, 2.24) is 4.90 Å². The number of carbonyl (C=O) groups excluding carboxylic acids is 1. The number of carboxylic acid groups (broad SMARTS) is 1. The van der Waals surface area contributed by atoms with E-state index >= 15 is 0 Å². The molecule has 0 saturated heterocycles. The van der Waals surface area contributed by atoms with Crippen LogP contribution >= 0.6 is 27.5 Å². The maximum absolute atomic E-state index is 12.1. The first kappa shape index (κ1) is 15.0. The smallest absolute Gasteiger partial charge is 0.305 e. The Morgan fingerprint density at radius 1 is 1.44 bits per heavy atom. The lowest BCUT2D eigenvalue weighted by atomic mass is 10.2. The van der Waals surface area contributed by atoms with E-state index in [9.17, 15) is 9.59 Å². The number of benzene rings is 1. The van der Waals surface area contributed by atoms with Crippen molar-refractivity contribution in [3.63, 3.8) is 0 Å². The summed E-state index contributed by atoms with van der Waals surface area (Å²) in [5.41, 5.74) is 0.454. The van der Waals surface area contributed by atoms with E-state index in [0.29, 0.717) is 21.6 Å². The Labute approximate surface area is 119 Å². The van der Waals surface area contributed by atoms with E-state index < -0.39 is 5.97 Å². The van der Waals surface area contributed by atoms with Gasteiger partial charge in [0, 0.05) is 23.1 Å². The number of hydrogen-bond acceptors (Lipinski definition) is 2. The topological polar surface area (TPSA) is 57.6 Å². The molecule has 0 fully saturated rings. The number of amides is 1. The van der Waals surface area contributed by atoms with Crippen molar-refractivity contribution < 1.29 is 14.7 Å². The van der Waals surface area contributed by atoms with E-state index in [1.165, 1.54) is 4.90 Å². The van der Waals surface area contributed by atoms with Gasteiger partial charge in [-0.2, -0.15) is 0 Å². The molecule has 0 radical (unpaired) electrons. The molecule has 0 unspecified atom stereocenters. The average Bonchev–Trinajstić information content (AvgIpc) is 2.32. The van der Waals surface area contributed by atoms with Crippen molar-refractivity contribution in [2.45, 2.75) is 13.3 Å². The summed E-state index contributed by atoms with van der Waals surface area (Å²) in [6.07, 6.45) is -0.0656. The highest BCUT2D eigenvalue weighted by Crippen LogP contribution is 2.23. The van der Waals surface area contributed by atoms with Gasteiger partial charge in [0.15, 0.2) is 0 Å². The largest absolute Gasteiger partial charge is 0.481 e. The summed E-state index contributed by atoms with van der Waals surface area (Å²) in [4.78, 5) is 24.1. The fourth-order valence-corrected chi connectivity index (χ4v) is 1.87. The number of halogens is 2. The van der Waals surface area contributed by atoms with E-state index in [0.717, 1.165) is 0 Å². The van der Waals surface area contributed by atoms with Crippen LogP contribution in [0.1, 0.15) is 23.7 Å². The Hall–Kier alpha value is -1.07. The molecule has 0 saturated carbocycles. The molecule has 0 aliphatic rings. The zero-order chi connectivity index (χ0) is 13.7. The third kappa shape index (κ3) is 3.99. The first-order chi connectivity index (χ1) is 8.45. The maximum Gasteiger partial charge on any atom is 0.305 e. The number of aliphatic carboxylic acids is 1. The van der Waals surface area contributed by atoms with Crippen molar-refractivity contribution in [2.24, 2.45) is 0 Å². The lowest BCUT2D eigenvalue weighted by molar-refractivity contribution is -0.137. The van der Waals surface area contributed by atoms with Gasteiger partial charge in [-0.25, -0.2) is 0 Å². The quantitative estimate of drug-likeness (QED) is 0.900. The van der Waals surface area contributed by atoms with Crippen LogP contribution in [0.5, 0.6) is 0 Å². The van der Waals surface area contributed by atoms with E-state index in [1.54, 1.807) is 25.1 Å². The first-order valence-corrected chi connectivity index (χ1v) is 6.59. The minimum absolute atomic E-state index is 0.0656. The van der Waals surface area contributed by atoms with E-state index in [1.807, 2.05) is 0 Å². The fraction of sp³-hybridized carbons (Fsp3) is 0.333. The summed E-state index contributed by atoms with van der Waals surface area (Å²) in [6.45, 7) is 2.46. The molecule has 0 bridgehead atoms. The van der Waals surface area contributed by atoms with Gasteiger partial charge in [-0.3, -0.25) is 9.59 Å². The lowest BCUT2D eigenvalue weighted by Gasteiger charge is -2.20. The normalized spacial score (nSPS) is 10.2. The molecular formula is C12H13BrClNO3. The Morgan fingerprint density at radius 2 is 2.11 bits per heavy atom. The first-order valence-electron chi connectivity index (χ1n) is 5.41. The van der Waals surface area contributed by atoms with Crippen molar-refractivity contribution >= 4 is 39.4 Å². The van der Waals surface area contributed by atoms with Crippen molar-refractivity contribution in [3.8, 4) is 0 Å². The van der Waals surface area contributed by atoms with Gasteiger partial charge < -0.3 is 10.0 Å². The number of hydrogen-bond donors (Lipinski definition) is 1. The second-order valence-corrected chi connectivity index (χ2v) is 4.92. The van der Waals surface area contributed by atoms with Crippen LogP contribution in [0.2, 0.25) is 5.02 Å². The fourth-order valence-electron chi connectivity index (χ4n) is 1.45. The molecule has 0 aliphatic heterocycles.